The quantitative estimate of drug-likeness (QED) is 0.687. The minimum Gasteiger partial charge on any atom is -0.478 e. The molecule has 0 aliphatic carbocycles. The molecule has 0 spiro atoms. The summed E-state index contributed by atoms with van der Waals surface area (Å²) >= 11 is 0. The molecule has 1 atom stereocenters. The summed E-state index contributed by atoms with van der Waals surface area (Å²) in [6.07, 6.45) is 1.09. The number of benzene rings is 1. The topological polar surface area (TPSA) is 75.3 Å². The number of nitrogens with two attached hydrogens (primary N) is 1. The van der Waals surface area contributed by atoms with Crippen LogP contribution in [0.25, 0.3) is 0 Å². The lowest BCUT2D eigenvalue weighted by atomic mass is 10.1. The number of nitrogens with one attached hydrogen (secondary N) is 1. The number of nitrogen functional groups attached to an aromatic ring is 1. The Morgan fingerprint density at radius 3 is 2.71 bits per heavy atom. The molecule has 1 unspecified atom stereocenters. The van der Waals surface area contributed by atoms with Gasteiger partial charge in [-0.25, -0.2) is 4.79 Å². The molecule has 94 valence electrons. The lowest BCUT2D eigenvalue weighted by Gasteiger charge is -2.14. The van der Waals surface area contributed by atoms with Gasteiger partial charge < -0.3 is 16.2 Å². The molecular weight excluding hydrogens is 216 g/mol. The Morgan fingerprint density at radius 2 is 2.18 bits per heavy atom. The highest BCUT2D eigenvalue weighted by molar-refractivity contribution is 5.95. The van der Waals surface area contributed by atoms with Crippen LogP contribution in [0.1, 0.15) is 36.2 Å². The molecule has 0 heterocycles. The molecule has 0 aliphatic heterocycles. The van der Waals surface area contributed by atoms with E-state index in [9.17, 15) is 4.79 Å². The number of hydrogen-bond acceptors (Lipinski definition) is 3. The van der Waals surface area contributed by atoms with Crippen molar-refractivity contribution in [3.05, 3.63) is 23.3 Å². The highest BCUT2D eigenvalue weighted by Gasteiger charge is 2.11. The number of anilines is 2. The average Bonchev–Trinajstić information content (AvgIpc) is 2.29. The van der Waals surface area contributed by atoms with E-state index in [1.807, 2.05) is 13.0 Å². The van der Waals surface area contributed by atoms with Gasteiger partial charge in [-0.3, -0.25) is 0 Å². The predicted octanol–water partition coefficient (Wildman–Crippen LogP) is 2.73. The zero-order valence-electron chi connectivity index (χ0n) is 10.6. The number of carboxylic acids is 1. The number of rotatable bonds is 5. The zero-order valence-corrected chi connectivity index (χ0v) is 10.6. The first kappa shape index (κ1) is 13.4. The molecule has 4 N–H and O–H groups in total. The van der Waals surface area contributed by atoms with Gasteiger partial charge in [-0.15, -0.1) is 0 Å². The van der Waals surface area contributed by atoms with E-state index in [1.165, 1.54) is 0 Å². The van der Waals surface area contributed by atoms with Crippen LogP contribution in [0, 0.1) is 12.8 Å². The normalized spacial score (nSPS) is 12.2. The van der Waals surface area contributed by atoms with Crippen molar-refractivity contribution in [2.45, 2.75) is 27.2 Å². The maximum absolute atomic E-state index is 11.0. The first-order valence-corrected chi connectivity index (χ1v) is 5.83. The molecule has 1 aromatic rings. The van der Waals surface area contributed by atoms with Crippen LogP contribution in [0.5, 0.6) is 0 Å². The average molecular weight is 236 g/mol. The molecule has 4 nitrogen and oxygen atoms in total. The monoisotopic (exact) mass is 236 g/mol. The first-order valence-electron chi connectivity index (χ1n) is 5.83. The fourth-order valence-corrected chi connectivity index (χ4v) is 1.51. The van der Waals surface area contributed by atoms with E-state index < -0.39 is 5.97 Å². The third-order valence-corrected chi connectivity index (χ3v) is 2.97. The van der Waals surface area contributed by atoms with E-state index >= 15 is 0 Å². The Kier molecular flexibility index (Phi) is 4.37. The van der Waals surface area contributed by atoms with Gasteiger partial charge in [0.2, 0.25) is 0 Å². The van der Waals surface area contributed by atoms with Crippen LogP contribution in [0.4, 0.5) is 11.4 Å². The van der Waals surface area contributed by atoms with Crippen LogP contribution in [-0.4, -0.2) is 17.6 Å². The molecule has 0 aromatic heterocycles. The minimum absolute atomic E-state index is 0.164. The molecule has 4 heteroatoms. The molecule has 0 saturated heterocycles. The summed E-state index contributed by atoms with van der Waals surface area (Å²) in [4.78, 5) is 11.0. The van der Waals surface area contributed by atoms with Gasteiger partial charge in [-0.05, 0) is 30.5 Å². The Balaban J connectivity index is 2.91. The van der Waals surface area contributed by atoms with E-state index in [-0.39, 0.29) is 5.56 Å². The van der Waals surface area contributed by atoms with Gasteiger partial charge in [-0.1, -0.05) is 20.3 Å². The number of carboxylic acid groups (broad SMARTS) is 1. The van der Waals surface area contributed by atoms with Crippen molar-refractivity contribution in [2.75, 3.05) is 17.6 Å². The predicted molar refractivity (Wildman–Crippen MR) is 70.5 cm³/mol. The van der Waals surface area contributed by atoms with Gasteiger partial charge in [0.25, 0.3) is 0 Å². The van der Waals surface area contributed by atoms with Crippen LogP contribution in [0.15, 0.2) is 12.1 Å². The molecule has 0 amide bonds. The van der Waals surface area contributed by atoms with Crippen LogP contribution >= 0.6 is 0 Å². The SMILES string of the molecule is CCC(C)CNc1cc(C)c(N)c(C(=O)O)c1. The van der Waals surface area contributed by atoms with Crippen molar-refractivity contribution in [1.29, 1.82) is 0 Å². The third-order valence-electron chi connectivity index (χ3n) is 2.97. The Morgan fingerprint density at radius 1 is 1.53 bits per heavy atom. The van der Waals surface area contributed by atoms with Gasteiger partial charge in [0, 0.05) is 17.9 Å². The van der Waals surface area contributed by atoms with Gasteiger partial charge >= 0.3 is 5.97 Å². The summed E-state index contributed by atoms with van der Waals surface area (Å²) in [6, 6.07) is 3.47. The van der Waals surface area contributed by atoms with Gasteiger partial charge in [0.1, 0.15) is 0 Å². The second-order valence-electron chi connectivity index (χ2n) is 4.45. The highest BCUT2D eigenvalue weighted by atomic mass is 16.4. The van der Waals surface area contributed by atoms with Crippen molar-refractivity contribution >= 4 is 17.3 Å². The fraction of sp³-hybridized carbons (Fsp3) is 0.462. The summed E-state index contributed by atoms with van der Waals surface area (Å²) in [5, 5.41) is 12.3. The molecule has 0 saturated carbocycles. The number of aromatic carboxylic acids is 1. The standard InChI is InChI=1S/C13H20N2O2/c1-4-8(2)7-15-10-5-9(3)12(14)11(6-10)13(16)17/h5-6,8,15H,4,7,14H2,1-3H3,(H,16,17). The summed E-state index contributed by atoms with van der Waals surface area (Å²) < 4.78 is 0. The number of hydrogen-bond donors (Lipinski definition) is 3. The van der Waals surface area contributed by atoms with E-state index in [0.29, 0.717) is 11.6 Å². The Labute approximate surface area is 102 Å². The lowest BCUT2D eigenvalue weighted by molar-refractivity contribution is 0.0698. The highest BCUT2D eigenvalue weighted by Crippen LogP contribution is 2.23. The molecule has 0 fully saturated rings. The summed E-state index contributed by atoms with van der Waals surface area (Å²) in [6.45, 7) is 6.92. The molecule has 17 heavy (non-hydrogen) atoms. The van der Waals surface area contributed by atoms with Gasteiger partial charge in [0.15, 0.2) is 0 Å². The van der Waals surface area contributed by atoms with E-state index in [2.05, 4.69) is 19.2 Å². The second kappa shape index (κ2) is 5.57. The summed E-state index contributed by atoms with van der Waals surface area (Å²) in [7, 11) is 0. The summed E-state index contributed by atoms with van der Waals surface area (Å²) in [5.74, 6) is -0.432. The first-order chi connectivity index (χ1) is 7.95. The third kappa shape index (κ3) is 3.37. The number of carbonyl (C=O) groups is 1. The maximum atomic E-state index is 11.0. The van der Waals surface area contributed by atoms with Crippen LogP contribution in [0.2, 0.25) is 0 Å². The smallest absolute Gasteiger partial charge is 0.337 e. The zero-order chi connectivity index (χ0) is 13.0. The molecule has 1 aromatic carbocycles. The molecule has 1 rings (SSSR count). The molecule has 0 aliphatic rings. The fourth-order valence-electron chi connectivity index (χ4n) is 1.51. The van der Waals surface area contributed by atoms with Crippen molar-refractivity contribution in [3.63, 3.8) is 0 Å². The lowest BCUT2D eigenvalue weighted by Crippen LogP contribution is -2.12. The van der Waals surface area contributed by atoms with Gasteiger partial charge in [0.05, 0.1) is 5.56 Å². The van der Waals surface area contributed by atoms with Crippen molar-refractivity contribution < 1.29 is 9.90 Å². The van der Waals surface area contributed by atoms with Crippen molar-refractivity contribution in [1.82, 2.24) is 0 Å². The Hall–Kier alpha value is -1.71. The van der Waals surface area contributed by atoms with Crippen LogP contribution < -0.4 is 11.1 Å². The Bertz CT molecular complexity index is 416. The number of aryl methyl sites for hydroxylation is 1. The van der Waals surface area contributed by atoms with E-state index in [1.54, 1.807) is 6.07 Å². The van der Waals surface area contributed by atoms with Crippen LogP contribution in [-0.2, 0) is 0 Å². The molecular formula is C13H20N2O2. The van der Waals surface area contributed by atoms with Crippen molar-refractivity contribution in [2.24, 2.45) is 5.92 Å². The van der Waals surface area contributed by atoms with Gasteiger partial charge in [-0.2, -0.15) is 0 Å². The maximum Gasteiger partial charge on any atom is 0.337 e. The second-order valence-corrected chi connectivity index (χ2v) is 4.45. The largest absolute Gasteiger partial charge is 0.478 e. The van der Waals surface area contributed by atoms with E-state index in [0.717, 1.165) is 24.2 Å². The van der Waals surface area contributed by atoms with Crippen molar-refractivity contribution in [3.8, 4) is 0 Å². The minimum atomic E-state index is -0.988. The summed E-state index contributed by atoms with van der Waals surface area (Å²) in [5.41, 5.74) is 7.83. The molecule has 0 radical (unpaired) electrons. The van der Waals surface area contributed by atoms with E-state index in [4.69, 9.17) is 10.8 Å². The van der Waals surface area contributed by atoms with Crippen LogP contribution in [0.3, 0.4) is 0 Å². The molecule has 0 bridgehead atoms.